The molecule has 1 N–H and O–H groups in total. The zero-order valence-corrected chi connectivity index (χ0v) is 7.24. The van der Waals surface area contributed by atoms with E-state index in [1.807, 2.05) is 7.05 Å². The molecule has 0 fully saturated rings. The van der Waals surface area contributed by atoms with E-state index in [2.05, 4.69) is 29.1 Å². The van der Waals surface area contributed by atoms with E-state index in [-0.39, 0.29) is 0 Å². The lowest BCUT2D eigenvalue weighted by atomic mass is 10.1. The summed E-state index contributed by atoms with van der Waals surface area (Å²) >= 11 is 1.76. The van der Waals surface area contributed by atoms with Crippen LogP contribution >= 0.6 is 11.3 Å². The standard InChI is InChI=1S/C8H13NS/c1-3-8(9-2)7-4-5-10-6-7/h4-6,8-9H,3H2,1-2H3. The number of nitrogens with one attached hydrogen (secondary N) is 1. The molecule has 1 aromatic rings. The van der Waals surface area contributed by atoms with Crippen molar-refractivity contribution >= 4 is 11.3 Å². The van der Waals surface area contributed by atoms with Crippen molar-refractivity contribution in [3.63, 3.8) is 0 Å². The van der Waals surface area contributed by atoms with E-state index >= 15 is 0 Å². The predicted molar refractivity (Wildman–Crippen MR) is 46.4 cm³/mol. The Labute approximate surface area is 66.1 Å². The zero-order valence-electron chi connectivity index (χ0n) is 6.42. The second kappa shape index (κ2) is 3.74. The van der Waals surface area contributed by atoms with E-state index < -0.39 is 0 Å². The molecule has 1 aromatic heterocycles. The van der Waals surface area contributed by atoms with Crippen LogP contribution in [0.2, 0.25) is 0 Å². The van der Waals surface area contributed by atoms with Crippen LogP contribution in [0.5, 0.6) is 0 Å². The van der Waals surface area contributed by atoms with Gasteiger partial charge >= 0.3 is 0 Å². The van der Waals surface area contributed by atoms with Gasteiger partial charge in [0, 0.05) is 6.04 Å². The highest BCUT2D eigenvalue weighted by Gasteiger charge is 2.04. The van der Waals surface area contributed by atoms with Crippen LogP contribution in [0.25, 0.3) is 0 Å². The SMILES string of the molecule is CCC(NC)c1ccsc1. The Bertz CT molecular complexity index is 165. The molecule has 0 saturated heterocycles. The van der Waals surface area contributed by atoms with E-state index in [1.165, 1.54) is 5.56 Å². The highest BCUT2D eigenvalue weighted by molar-refractivity contribution is 7.07. The van der Waals surface area contributed by atoms with Gasteiger partial charge in [0.2, 0.25) is 0 Å². The molecule has 1 nitrogen and oxygen atoms in total. The number of hydrogen-bond acceptors (Lipinski definition) is 2. The van der Waals surface area contributed by atoms with Crippen molar-refractivity contribution < 1.29 is 0 Å². The third kappa shape index (κ3) is 1.58. The second-order valence-electron chi connectivity index (χ2n) is 2.31. The van der Waals surface area contributed by atoms with Crippen molar-refractivity contribution in [1.82, 2.24) is 5.32 Å². The van der Waals surface area contributed by atoms with Gasteiger partial charge in [-0.2, -0.15) is 11.3 Å². The molecule has 1 rings (SSSR count). The monoisotopic (exact) mass is 155 g/mol. The lowest BCUT2D eigenvalue weighted by Gasteiger charge is -2.10. The summed E-state index contributed by atoms with van der Waals surface area (Å²) < 4.78 is 0. The van der Waals surface area contributed by atoms with Crippen molar-refractivity contribution in [3.8, 4) is 0 Å². The van der Waals surface area contributed by atoms with Crippen molar-refractivity contribution in [3.05, 3.63) is 22.4 Å². The van der Waals surface area contributed by atoms with Gasteiger partial charge in [-0.15, -0.1) is 0 Å². The summed E-state index contributed by atoms with van der Waals surface area (Å²) in [5, 5.41) is 7.58. The summed E-state index contributed by atoms with van der Waals surface area (Å²) in [5.41, 5.74) is 1.41. The van der Waals surface area contributed by atoms with E-state index in [0.29, 0.717) is 6.04 Å². The summed E-state index contributed by atoms with van der Waals surface area (Å²) in [6.45, 7) is 2.19. The quantitative estimate of drug-likeness (QED) is 0.707. The van der Waals surface area contributed by atoms with Crippen molar-refractivity contribution in [1.29, 1.82) is 0 Å². The van der Waals surface area contributed by atoms with Crippen LogP contribution < -0.4 is 5.32 Å². The molecule has 0 radical (unpaired) electrons. The summed E-state index contributed by atoms with van der Waals surface area (Å²) in [7, 11) is 2.01. The maximum atomic E-state index is 3.26. The molecule has 10 heavy (non-hydrogen) atoms. The van der Waals surface area contributed by atoms with E-state index in [9.17, 15) is 0 Å². The van der Waals surface area contributed by atoms with Gasteiger partial charge in [0.25, 0.3) is 0 Å². The maximum Gasteiger partial charge on any atom is 0.0323 e. The van der Waals surface area contributed by atoms with Gasteiger partial charge in [0.05, 0.1) is 0 Å². The third-order valence-corrected chi connectivity index (χ3v) is 2.40. The topological polar surface area (TPSA) is 12.0 Å². The minimum Gasteiger partial charge on any atom is -0.313 e. The fourth-order valence-electron chi connectivity index (χ4n) is 1.08. The largest absolute Gasteiger partial charge is 0.313 e. The van der Waals surface area contributed by atoms with Crippen molar-refractivity contribution in [2.45, 2.75) is 19.4 Å². The van der Waals surface area contributed by atoms with E-state index in [4.69, 9.17) is 0 Å². The Morgan fingerprint density at radius 3 is 2.90 bits per heavy atom. The first-order valence-corrected chi connectivity index (χ1v) is 4.52. The van der Waals surface area contributed by atoms with E-state index in [1.54, 1.807) is 11.3 Å². The minimum absolute atomic E-state index is 0.547. The Morgan fingerprint density at radius 2 is 2.50 bits per heavy atom. The van der Waals surface area contributed by atoms with Gasteiger partial charge in [-0.05, 0) is 35.9 Å². The smallest absolute Gasteiger partial charge is 0.0323 e. The average molecular weight is 155 g/mol. The average Bonchev–Trinajstić information content (AvgIpc) is 2.43. The number of hydrogen-bond donors (Lipinski definition) is 1. The van der Waals surface area contributed by atoms with Gasteiger partial charge in [0.15, 0.2) is 0 Å². The summed E-state index contributed by atoms with van der Waals surface area (Å²) in [6.07, 6.45) is 1.16. The normalized spacial score (nSPS) is 13.4. The lowest BCUT2D eigenvalue weighted by Crippen LogP contribution is -2.13. The first kappa shape index (κ1) is 7.76. The molecule has 0 amide bonds. The highest BCUT2D eigenvalue weighted by atomic mass is 32.1. The van der Waals surface area contributed by atoms with Crippen LogP contribution in [-0.2, 0) is 0 Å². The number of thiophene rings is 1. The molecule has 0 saturated carbocycles. The Balaban J connectivity index is 2.64. The van der Waals surface area contributed by atoms with Crippen LogP contribution in [0.1, 0.15) is 24.9 Å². The van der Waals surface area contributed by atoms with Crippen LogP contribution in [0.15, 0.2) is 16.8 Å². The molecule has 0 aliphatic heterocycles. The first-order valence-electron chi connectivity index (χ1n) is 3.57. The van der Waals surface area contributed by atoms with Crippen LogP contribution in [0, 0.1) is 0 Å². The molecular weight excluding hydrogens is 142 g/mol. The molecule has 1 atom stereocenters. The second-order valence-corrected chi connectivity index (χ2v) is 3.09. The molecule has 56 valence electrons. The molecule has 2 heteroatoms. The van der Waals surface area contributed by atoms with Gasteiger partial charge in [-0.1, -0.05) is 6.92 Å². The van der Waals surface area contributed by atoms with Crippen LogP contribution in [-0.4, -0.2) is 7.05 Å². The maximum absolute atomic E-state index is 3.26. The first-order chi connectivity index (χ1) is 4.88. The van der Waals surface area contributed by atoms with Gasteiger partial charge < -0.3 is 5.32 Å². The van der Waals surface area contributed by atoms with E-state index in [0.717, 1.165) is 6.42 Å². The van der Waals surface area contributed by atoms with Crippen LogP contribution in [0.4, 0.5) is 0 Å². The molecule has 0 aromatic carbocycles. The molecule has 0 bridgehead atoms. The molecule has 1 unspecified atom stereocenters. The molecule has 0 aliphatic carbocycles. The third-order valence-electron chi connectivity index (χ3n) is 1.70. The van der Waals surface area contributed by atoms with Gasteiger partial charge in [-0.3, -0.25) is 0 Å². The fourth-order valence-corrected chi connectivity index (χ4v) is 1.79. The van der Waals surface area contributed by atoms with Crippen molar-refractivity contribution in [2.24, 2.45) is 0 Å². The fraction of sp³-hybridized carbons (Fsp3) is 0.500. The molecule has 0 aliphatic rings. The number of rotatable bonds is 3. The van der Waals surface area contributed by atoms with Crippen molar-refractivity contribution in [2.75, 3.05) is 7.05 Å². The predicted octanol–water partition coefficient (Wildman–Crippen LogP) is 2.42. The molecule has 0 spiro atoms. The Morgan fingerprint density at radius 1 is 1.70 bits per heavy atom. The van der Waals surface area contributed by atoms with Gasteiger partial charge in [-0.25, -0.2) is 0 Å². The summed E-state index contributed by atoms with van der Waals surface area (Å²) in [5.74, 6) is 0. The van der Waals surface area contributed by atoms with Gasteiger partial charge in [0.1, 0.15) is 0 Å². The highest BCUT2D eigenvalue weighted by Crippen LogP contribution is 2.18. The Hall–Kier alpha value is -0.340. The zero-order chi connectivity index (χ0) is 7.40. The molecular formula is C8H13NS. The summed E-state index contributed by atoms with van der Waals surface area (Å²) in [6, 6.07) is 2.72. The molecule has 1 heterocycles. The van der Waals surface area contributed by atoms with Crippen LogP contribution in [0.3, 0.4) is 0 Å². The minimum atomic E-state index is 0.547. The lowest BCUT2D eigenvalue weighted by molar-refractivity contribution is 0.579. The summed E-state index contributed by atoms with van der Waals surface area (Å²) in [4.78, 5) is 0. The Kier molecular flexibility index (Phi) is 2.90.